The van der Waals surface area contributed by atoms with Gasteiger partial charge in [0.1, 0.15) is 5.75 Å². The number of hydrazone groups is 1. The number of benzene rings is 3. The van der Waals surface area contributed by atoms with E-state index in [1.807, 2.05) is 6.07 Å². The molecule has 2 atom stereocenters. The fourth-order valence-corrected chi connectivity index (χ4v) is 4.45. The molecule has 2 aliphatic heterocycles. The van der Waals surface area contributed by atoms with Gasteiger partial charge in [-0.25, -0.2) is 5.01 Å². The topological polar surface area (TPSA) is 24.8 Å². The Morgan fingerprint density at radius 2 is 1.85 bits per heavy atom. The summed E-state index contributed by atoms with van der Waals surface area (Å²) in [5, 5.41) is 9.71. The van der Waals surface area contributed by atoms with Crippen LogP contribution >= 0.6 is 15.9 Å². The lowest BCUT2D eigenvalue weighted by molar-refractivity contribution is -0.0461. The second kappa shape index (κ2) is 6.38. The van der Waals surface area contributed by atoms with Gasteiger partial charge in [-0.2, -0.15) is 5.10 Å². The van der Waals surface area contributed by atoms with Gasteiger partial charge in [-0.15, -0.1) is 0 Å². The van der Waals surface area contributed by atoms with Gasteiger partial charge < -0.3 is 4.74 Å². The lowest BCUT2D eigenvalue weighted by Gasteiger charge is -2.40. The minimum atomic E-state index is -0.0402. The van der Waals surface area contributed by atoms with Gasteiger partial charge in [0.25, 0.3) is 0 Å². The largest absolute Gasteiger partial charge is 0.468 e. The Hall–Kier alpha value is -2.33. The molecular weight excluding hydrogens is 400 g/mol. The van der Waals surface area contributed by atoms with E-state index in [0.717, 1.165) is 22.4 Å². The third kappa shape index (κ3) is 2.83. The molecule has 0 unspecified atom stereocenters. The van der Waals surface area contributed by atoms with Gasteiger partial charge in [0, 0.05) is 22.4 Å². The summed E-state index contributed by atoms with van der Waals surface area (Å²) in [5.74, 6) is 1.33. The fraction of sp³-hybridized carbons (Fsp3) is 0.261. The Kier molecular flexibility index (Phi) is 3.97. The van der Waals surface area contributed by atoms with E-state index in [-0.39, 0.29) is 12.3 Å². The molecule has 3 aromatic rings. The zero-order valence-electron chi connectivity index (χ0n) is 15.4. The third-order valence-electron chi connectivity index (χ3n) is 5.43. The van der Waals surface area contributed by atoms with Crippen LogP contribution in [0.1, 0.15) is 37.4 Å². The van der Waals surface area contributed by atoms with Gasteiger partial charge in [0.05, 0.1) is 11.8 Å². The maximum atomic E-state index is 6.31. The van der Waals surface area contributed by atoms with Crippen molar-refractivity contribution < 1.29 is 4.74 Å². The van der Waals surface area contributed by atoms with E-state index < -0.39 is 0 Å². The van der Waals surface area contributed by atoms with Crippen molar-refractivity contribution in [2.45, 2.75) is 32.5 Å². The van der Waals surface area contributed by atoms with E-state index in [2.05, 4.69) is 89.4 Å². The molecule has 0 spiro atoms. The second-order valence-electron chi connectivity index (χ2n) is 7.64. The van der Waals surface area contributed by atoms with Crippen molar-refractivity contribution in [2.75, 3.05) is 0 Å². The van der Waals surface area contributed by atoms with Crippen LogP contribution in [-0.2, 0) is 0 Å². The number of hydrogen-bond acceptors (Lipinski definition) is 3. The molecule has 2 aliphatic rings. The lowest BCUT2D eigenvalue weighted by atomic mass is 9.94. The Bertz CT molecular complexity index is 1060. The minimum absolute atomic E-state index is 0.0402. The summed E-state index contributed by atoms with van der Waals surface area (Å²) in [5.41, 5.74) is 3.54. The average molecular weight is 421 g/mol. The Morgan fingerprint density at radius 1 is 1.04 bits per heavy atom. The lowest BCUT2D eigenvalue weighted by Crippen LogP contribution is -2.43. The SMILES string of the molecule is CC(C)[C@H]1Oc2ccc(Br)cc2[C@H]2CC(c3ccc4ccccc4c3)=NN21. The van der Waals surface area contributed by atoms with E-state index in [4.69, 9.17) is 9.84 Å². The molecule has 4 heteroatoms. The van der Waals surface area contributed by atoms with Crippen molar-refractivity contribution in [1.29, 1.82) is 0 Å². The molecule has 0 bridgehead atoms. The van der Waals surface area contributed by atoms with E-state index in [1.54, 1.807) is 0 Å². The highest BCUT2D eigenvalue weighted by atomic mass is 79.9. The number of ether oxygens (including phenoxy) is 1. The predicted octanol–water partition coefficient (Wildman–Crippen LogP) is 6.13. The number of nitrogens with zero attached hydrogens (tertiary/aromatic N) is 2. The van der Waals surface area contributed by atoms with Crippen molar-refractivity contribution in [2.24, 2.45) is 11.0 Å². The Morgan fingerprint density at radius 3 is 2.67 bits per heavy atom. The molecule has 0 saturated heterocycles. The summed E-state index contributed by atoms with van der Waals surface area (Å²) in [6.45, 7) is 4.38. The summed E-state index contributed by atoms with van der Waals surface area (Å²) < 4.78 is 7.39. The van der Waals surface area contributed by atoms with Gasteiger partial charge in [0.2, 0.25) is 0 Å². The van der Waals surface area contributed by atoms with Crippen LogP contribution in [0.15, 0.2) is 70.2 Å². The van der Waals surface area contributed by atoms with Gasteiger partial charge in [-0.05, 0) is 40.6 Å². The summed E-state index contributed by atoms with van der Waals surface area (Å²) in [7, 11) is 0. The van der Waals surface area contributed by atoms with Crippen LogP contribution < -0.4 is 4.74 Å². The summed E-state index contributed by atoms with van der Waals surface area (Å²) in [6, 6.07) is 21.6. The summed E-state index contributed by atoms with van der Waals surface area (Å²) in [4.78, 5) is 0. The van der Waals surface area contributed by atoms with E-state index >= 15 is 0 Å². The van der Waals surface area contributed by atoms with Gasteiger partial charge in [-0.1, -0.05) is 66.2 Å². The van der Waals surface area contributed by atoms with E-state index in [0.29, 0.717) is 5.92 Å². The van der Waals surface area contributed by atoms with Crippen LogP contribution in [0.3, 0.4) is 0 Å². The van der Waals surface area contributed by atoms with Crippen LogP contribution in [0.25, 0.3) is 10.8 Å². The van der Waals surface area contributed by atoms with Crippen LogP contribution in [0.4, 0.5) is 0 Å². The zero-order chi connectivity index (χ0) is 18.5. The number of fused-ring (bicyclic) bond motifs is 4. The third-order valence-corrected chi connectivity index (χ3v) is 5.93. The average Bonchev–Trinajstić information content (AvgIpc) is 3.12. The second-order valence-corrected chi connectivity index (χ2v) is 8.56. The normalized spacial score (nSPS) is 21.0. The van der Waals surface area contributed by atoms with E-state index in [1.165, 1.54) is 21.9 Å². The zero-order valence-corrected chi connectivity index (χ0v) is 17.0. The molecular formula is C23H21BrN2O. The number of halogens is 1. The highest BCUT2D eigenvalue weighted by molar-refractivity contribution is 9.10. The molecule has 0 amide bonds. The van der Waals surface area contributed by atoms with Gasteiger partial charge in [-0.3, -0.25) is 0 Å². The molecule has 0 saturated carbocycles. The molecule has 3 nitrogen and oxygen atoms in total. The smallest absolute Gasteiger partial charge is 0.190 e. The molecule has 0 N–H and O–H groups in total. The fourth-order valence-electron chi connectivity index (χ4n) is 4.07. The first kappa shape index (κ1) is 16.8. The first-order valence-corrected chi connectivity index (χ1v) is 10.2. The van der Waals surface area contributed by atoms with Crippen LogP contribution in [0, 0.1) is 5.92 Å². The molecule has 0 radical (unpaired) electrons. The molecule has 5 rings (SSSR count). The molecule has 3 aromatic carbocycles. The van der Waals surface area contributed by atoms with Crippen molar-refractivity contribution in [3.8, 4) is 5.75 Å². The quantitative estimate of drug-likeness (QED) is 0.498. The highest BCUT2D eigenvalue weighted by Crippen LogP contribution is 2.45. The van der Waals surface area contributed by atoms with Crippen LogP contribution in [0.2, 0.25) is 0 Å². The van der Waals surface area contributed by atoms with Gasteiger partial charge in [0.15, 0.2) is 6.23 Å². The molecule has 2 heterocycles. The highest BCUT2D eigenvalue weighted by Gasteiger charge is 2.41. The van der Waals surface area contributed by atoms with Crippen molar-refractivity contribution >= 4 is 32.4 Å². The van der Waals surface area contributed by atoms with Crippen LogP contribution in [-0.4, -0.2) is 16.9 Å². The maximum absolute atomic E-state index is 6.31. The van der Waals surface area contributed by atoms with E-state index in [9.17, 15) is 0 Å². The molecule has 27 heavy (non-hydrogen) atoms. The molecule has 0 aromatic heterocycles. The number of hydrogen-bond donors (Lipinski definition) is 0. The van der Waals surface area contributed by atoms with Crippen molar-refractivity contribution in [3.63, 3.8) is 0 Å². The summed E-state index contributed by atoms with van der Waals surface area (Å²) in [6.07, 6.45) is 0.857. The first-order chi connectivity index (χ1) is 13.1. The molecule has 136 valence electrons. The Labute approximate surface area is 167 Å². The van der Waals surface area contributed by atoms with Gasteiger partial charge >= 0.3 is 0 Å². The number of rotatable bonds is 2. The predicted molar refractivity (Wildman–Crippen MR) is 113 cm³/mol. The van der Waals surface area contributed by atoms with Crippen molar-refractivity contribution in [3.05, 3.63) is 76.3 Å². The standard InChI is InChI=1S/C23H21BrN2O/c1-14(2)23-26-21(19-12-18(24)9-10-22(19)27-23)13-20(25-26)17-8-7-15-5-3-4-6-16(15)11-17/h3-12,14,21,23H,13H2,1-2H3/t21-,23-/m1/s1. The van der Waals surface area contributed by atoms with Crippen LogP contribution in [0.5, 0.6) is 5.75 Å². The minimum Gasteiger partial charge on any atom is -0.468 e. The Balaban J connectivity index is 1.58. The molecule has 0 aliphatic carbocycles. The monoisotopic (exact) mass is 420 g/mol. The maximum Gasteiger partial charge on any atom is 0.190 e. The summed E-state index contributed by atoms with van der Waals surface area (Å²) >= 11 is 3.61. The van der Waals surface area contributed by atoms with Crippen molar-refractivity contribution in [1.82, 2.24) is 5.01 Å². The molecule has 0 fully saturated rings. The first-order valence-electron chi connectivity index (χ1n) is 9.41.